The molecule has 3 rings (SSSR count). The van der Waals surface area contributed by atoms with Gasteiger partial charge < -0.3 is 0 Å². The van der Waals surface area contributed by atoms with Crippen molar-refractivity contribution in [3.05, 3.63) is 30.6 Å². The number of rotatable bonds is 2. The first-order valence-electron chi connectivity index (χ1n) is 5.93. The first-order valence-corrected chi connectivity index (χ1v) is 5.93. The molecule has 1 fully saturated rings. The van der Waals surface area contributed by atoms with E-state index in [1.807, 2.05) is 35.7 Å². The Morgan fingerprint density at radius 1 is 1.47 bits per heavy atom. The Labute approximate surface area is 99.7 Å². The molecule has 0 bridgehead atoms. The molecular weight excluding hydrogens is 214 g/mol. The average Bonchev–Trinajstić information content (AvgIpc) is 2.70. The van der Waals surface area contributed by atoms with Crippen molar-refractivity contribution in [3.63, 3.8) is 0 Å². The molecular formula is C13H15N3O. The molecule has 0 aromatic carbocycles. The molecule has 2 heterocycles. The molecule has 0 radical (unpaired) electrons. The highest BCUT2D eigenvalue weighted by molar-refractivity contribution is 5.94. The summed E-state index contributed by atoms with van der Waals surface area (Å²) in [4.78, 5) is 16.3. The van der Waals surface area contributed by atoms with Gasteiger partial charge in [0.15, 0.2) is 0 Å². The number of carbonyl (C=O) groups is 1. The molecule has 1 aliphatic rings. The molecule has 1 amide bonds. The number of fused-ring (bicyclic) bond motifs is 1. The number of hydrogen-bond acceptors (Lipinski definition) is 2. The molecule has 0 atom stereocenters. The quantitative estimate of drug-likeness (QED) is 0.859. The summed E-state index contributed by atoms with van der Waals surface area (Å²) in [6, 6.07) is 5.85. The van der Waals surface area contributed by atoms with Gasteiger partial charge in [-0.15, -0.1) is 0 Å². The van der Waals surface area contributed by atoms with Crippen molar-refractivity contribution in [1.82, 2.24) is 9.38 Å². The number of aromatic nitrogens is 2. The van der Waals surface area contributed by atoms with E-state index in [0.29, 0.717) is 5.95 Å². The molecule has 0 unspecified atom stereocenters. The van der Waals surface area contributed by atoms with Crippen LogP contribution in [0.2, 0.25) is 0 Å². The van der Waals surface area contributed by atoms with E-state index < -0.39 is 0 Å². The van der Waals surface area contributed by atoms with Crippen LogP contribution in [0.15, 0.2) is 30.6 Å². The lowest BCUT2D eigenvalue weighted by Crippen LogP contribution is -2.39. The maximum atomic E-state index is 12.1. The molecule has 88 valence electrons. The van der Waals surface area contributed by atoms with Gasteiger partial charge in [-0.1, -0.05) is 19.4 Å². The SMILES string of the molecule is CC1(C(=O)Nc2ncc3ccccn23)CCC1. The Morgan fingerprint density at radius 2 is 2.29 bits per heavy atom. The van der Waals surface area contributed by atoms with E-state index in [-0.39, 0.29) is 11.3 Å². The van der Waals surface area contributed by atoms with E-state index in [1.165, 1.54) is 0 Å². The summed E-state index contributed by atoms with van der Waals surface area (Å²) in [5.41, 5.74) is 0.794. The van der Waals surface area contributed by atoms with Crippen molar-refractivity contribution in [2.75, 3.05) is 5.32 Å². The van der Waals surface area contributed by atoms with E-state index >= 15 is 0 Å². The highest BCUT2D eigenvalue weighted by atomic mass is 16.2. The molecule has 0 saturated heterocycles. The predicted octanol–water partition coefficient (Wildman–Crippen LogP) is 2.46. The third kappa shape index (κ3) is 1.60. The van der Waals surface area contributed by atoms with Gasteiger partial charge in [0, 0.05) is 11.6 Å². The Morgan fingerprint density at radius 3 is 3.00 bits per heavy atom. The molecule has 2 aromatic rings. The highest BCUT2D eigenvalue weighted by Gasteiger charge is 2.39. The normalized spacial score (nSPS) is 17.7. The molecule has 1 saturated carbocycles. The van der Waals surface area contributed by atoms with Gasteiger partial charge >= 0.3 is 0 Å². The van der Waals surface area contributed by atoms with E-state index in [9.17, 15) is 4.79 Å². The number of amides is 1. The topological polar surface area (TPSA) is 46.4 Å². The van der Waals surface area contributed by atoms with Crippen molar-refractivity contribution in [1.29, 1.82) is 0 Å². The Kier molecular flexibility index (Phi) is 2.18. The third-order valence-electron chi connectivity index (χ3n) is 3.67. The fourth-order valence-electron chi connectivity index (χ4n) is 2.22. The number of nitrogens with one attached hydrogen (secondary N) is 1. The maximum Gasteiger partial charge on any atom is 0.232 e. The Balaban J connectivity index is 1.88. The molecule has 0 aliphatic heterocycles. The smallest absolute Gasteiger partial charge is 0.232 e. The summed E-state index contributed by atoms with van der Waals surface area (Å²) in [5, 5.41) is 2.92. The molecule has 4 nitrogen and oxygen atoms in total. The maximum absolute atomic E-state index is 12.1. The summed E-state index contributed by atoms with van der Waals surface area (Å²) in [5.74, 6) is 0.693. The van der Waals surface area contributed by atoms with E-state index in [1.54, 1.807) is 6.20 Å². The lowest BCUT2D eigenvalue weighted by molar-refractivity contribution is -0.128. The highest BCUT2D eigenvalue weighted by Crippen LogP contribution is 2.41. The number of imidazole rings is 1. The number of nitrogens with zero attached hydrogens (tertiary/aromatic N) is 2. The van der Waals surface area contributed by atoms with Crippen molar-refractivity contribution in [2.45, 2.75) is 26.2 Å². The van der Waals surface area contributed by atoms with Gasteiger partial charge in [-0.05, 0) is 25.0 Å². The van der Waals surface area contributed by atoms with Crippen LogP contribution in [0.5, 0.6) is 0 Å². The first kappa shape index (κ1) is 10.3. The van der Waals surface area contributed by atoms with Crippen molar-refractivity contribution in [2.24, 2.45) is 5.41 Å². The summed E-state index contributed by atoms with van der Waals surface area (Å²) in [7, 11) is 0. The van der Waals surface area contributed by atoms with Crippen LogP contribution in [0.25, 0.3) is 5.52 Å². The van der Waals surface area contributed by atoms with E-state index in [4.69, 9.17) is 0 Å². The van der Waals surface area contributed by atoms with Crippen LogP contribution in [0.3, 0.4) is 0 Å². The van der Waals surface area contributed by atoms with Crippen molar-refractivity contribution in [3.8, 4) is 0 Å². The fourth-order valence-corrected chi connectivity index (χ4v) is 2.22. The second-order valence-corrected chi connectivity index (χ2v) is 4.95. The van der Waals surface area contributed by atoms with Gasteiger partial charge in [-0.25, -0.2) is 4.98 Å². The van der Waals surface area contributed by atoms with Gasteiger partial charge in [-0.2, -0.15) is 0 Å². The molecule has 4 heteroatoms. The first-order chi connectivity index (χ1) is 8.19. The van der Waals surface area contributed by atoms with Gasteiger partial charge in [0.1, 0.15) is 0 Å². The van der Waals surface area contributed by atoms with Gasteiger partial charge in [-0.3, -0.25) is 14.5 Å². The number of carbonyl (C=O) groups excluding carboxylic acids is 1. The summed E-state index contributed by atoms with van der Waals surface area (Å²) < 4.78 is 1.89. The number of anilines is 1. The van der Waals surface area contributed by atoms with Crippen molar-refractivity contribution >= 4 is 17.4 Å². The van der Waals surface area contributed by atoms with Crippen LogP contribution in [0.1, 0.15) is 26.2 Å². The zero-order valence-corrected chi connectivity index (χ0v) is 9.81. The fraction of sp³-hybridized carbons (Fsp3) is 0.385. The Hall–Kier alpha value is -1.84. The lowest BCUT2D eigenvalue weighted by atomic mass is 9.70. The zero-order valence-electron chi connectivity index (χ0n) is 9.81. The minimum Gasteiger partial charge on any atom is -0.295 e. The van der Waals surface area contributed by atoms with Crippen LogP contribution in [0, 0.1) is 5.41 Å². The minimum atomic E-state index is -0.194. The zero-order chi connectivity index (χ0) is 11.9. The van der Waals surface area contributed by atoms with E-state index in [0.717, 1.165) is 24.8 Å². The largest absolute Gasteiger partial charge is 0.295 e. The Bertz CT molecular complexity index is 569. The van der Waals surface area contributed by atoms with Crippen LogP contribution in [-0.2, 0) is 4.79 Å². The molecule has 17 heavy (non-hydrogen) atoms. The van der Waals surface area contributed by atoms with E-state index in [2.05, 4.69) is 10.3 Å². The van der Waals surface area contributed by atoms with Crippen molar-refractivity contribution < 1.29 is 4.79 Å². The molecule has 2 aromatic heterocycles. The monoisotopic (exact) mass is 229 g/mol. The minimum absolute atomic E-state index is 0.0834. The molecule has 1 N–H and O–H groups in total. The average molecular weight is 229 g/mol. The predicted molar refractivity (Wildman–Crippen MR) is 65.8 cm³/mol. The summed E-state index contributed by atoms with van der Waals surface area (Å²) in [6.45, 7) is 2.02. The second kappa shape index (κ2) is 3.58. The number of hydrogen-bond donors (Lipinski definition) is 1. The molecule has 0 spiro atoms. The molecule has 1 aliphatic carbocycles. The summed E-state index contributed by atoms with van der Waals surface area (Å²) >= 11 is 0. The lowest BCUT2D eigenvalue weighted by Gasteiger charge is -2.36. The summed E-state index contributed by atoms with van der Waals surface area (Å²) in [6.07, 6.45) is 6.76. The van der Waals surface area contributed by atoms with Gasteiger partial charge in [0.05, 0.1) is 11.7 Å². The van der Waals surface area contributed by atoms with Gasteiger partial charge in [0.2, 0.25) is 11.9 Å². The van der Waals surface area contributed by atoms with Gasteiger partial charge in [0.25, 0.3) is 0 Å². The van der Waals surface area contributed by atoms with Crippen LogP contribution >= 0.6 is 0 Å². The van der Waals surface area contributed by atoms with Crippen LogP contribution in [-0.4, -0.2) is 15.3 Å². The third-order valence-corrected chi connectivity index (χ3v) is 3.67. The van der Waals surface area contributed by atoms with Crippen LogP contribution < -0.4 is 5.32 Å². The van der Waals surface area contributed by atoms with Crippen LogP contribution in [0.4, 0.5) is 5.95 Å². The second-order valence-electron chi connectivity index (χ2n) is 4.95. The standard InChI is InChI=1S/C13H15N3O/c1-13(6-4-7-13)11(17)15-12-14-9-10-5-2-3-8-16(10)12/h2-3,5,8-9H,4,6-7H2,1H3,(H,14,15,17). The number of pyridine rings is 1.